The van der Waals surface area contributed by atoms with E-state index in [1.807, 2.05) is 26.0 Å². The number of carbonyl (C=O) groups is 2. The number of hydrogen-bond acceptors (Lipinski definition) is 5. The molecule has 2 aromatic rings. The van der Waals surface area contributed by atoms with E-state index < -0.39 is 17.0 Å². The number of hydrogen-bond donors (Lipinski definition) is 0. The standard InChI is InChI=1S/C19H19NO5/c1-11-8-9-12(2)16(10-11)18(21)14(4)25-19(22)15-6-5-7-17(13(15)3)20(23)24/h5-10,14H,1-4H3/t14-/m1/s1. The third-order valence-corrected chi connectivity index (χ3v) is 4.03. The van der Waals surface area contributed by atoms with Crippen molar-refractivity contribution in [3.63, 3.8) is 0 Å². The van der Waals surface area contributed by atoms with Gasteiger partial charge in [-0.05, 0) is 45.4 Å². The maximum Gasteiger partial charge on any atom is 0.339 e. The van der Waals surface area contributed by atoms with Gasteiger partial charge in [0.1, 0.15) is 0 Å². The molecular formula is C19H19NO5. The number of nitro groups is 1. The van der Waals surface area contributed by atoms with Crippen LogP contribution in [-0.2, 0) is 4.74 Å². The first-order valence-corrected chi connectivity index (χ1v) is 7.78. The van der Waals surface area contributed by atoms with Gasteiger partial charge in [-0.2, -0.15) is 0 Å². The van der Waals surface area contributed by atoms with Crippen molar-refractivity contribution in [3.05, 3.63) is 74.3 Å². The number of nitrogens with zero attached hydrogens (tertiary/aromatic N) is 1. The van der Waals surface area contributed by atoms with Crippen LogP contribution in [0.1, 0.15) is 44.3 Å². The average Bonchev–Trinajstić information content (AvgIpc) is 2.56. The SMILES string of the molecule is Cc1ccc(C)c(C(=O)[C@@H](C)OC(=O)c2cccc([N+](=O)[O-])c2C)c1. The van der Waals surface area contributed by atoms with E-state index in [1.165, 1.54) is 32.0 Å². The first-order chi connectivity index (χ1) is 11.7. The Morgan fingerprint density at radius 2 is 1.76 bits per heavy atom. The molecule has 6 nitrogen and oxygen atoms in total. The highest BCUT2D eigenvalue weighted by atomic mass is 16.6. The lowest BCUT2D eigenvalue weighted by Crippen LogP contribution is -2.25. The number of ketones is 1. The van der Waals surface area contributed by atoms with Crippen LogP contribution in [0.3, 0.4) is 0 Å². The molecule has 0 aliphatic rings. The Labute approximate surface area is 145 Å². The molecule has 0 fully saturated rings. The van der Waals surface area contributed by atoms with E-state index in [2.05, 4.69) is 0 Å². The molecule has 0 radical (unpaired) electrons. The van der Waals surface area contributed by atoms with E-state index in [1.54, 1.807) is 6.07 Å². The largest absolute Gasteiger partial charge is 0.451 e. The summed E-state index contributed by atoms with van der Waals surface area (Å²) in [6.07, 6.45) is -0.994. The summed E-state index contributed by atoms with van der Waals surface area (Å²) in [6.45, 7) is 6.66. The fourth-order valence-electron chi connectivity index (χ4n) is 2.54. The molecule has 0 aromatic heterocycles. The number of aryl methyl sites for hydroxylation is 2. The molecule has 0 unspecified atom stereocenters. The number of Topliss-reactive ketones (excluding diaryl/α,β-unsaturated/α-hetero) is 1. The summed E-state index contributed by atoms with van der Waals surface area (Å²) < 4.78 is 5.25. The highest BCUT2D eigenvalue weighted by Crippen LogP contribution is 2.22. The minimum absolute atomic E-state index is 0.0785. The molecule has 0 amide bonds. The Kier molecular flexibility index (Phi) is 5.32. The summed E-state index contributed by atoms with van der Waals surface area (Å²) in [5.41, 5.74) is 2.35. The van der Waals surface area contributed by atoms with Crippen LogP contribution >= 0.6 is 0 Å². The number of carbonyl (C=O) groups excluding carboxylic acids is 2. The lowest BCUT2D eigenvalue weighted by molar-refractivity contribution is -0.385. The quantitative estimate of drug-likeness (QED) is 0.356. The molecule has 130 valence electrons. The number of rotatable bonds is 5. The van der Waals surface area contributed by atoms with Crippen molar-refractivity contribution in [1.29, 1.82) is 0 Å². The predicted molar refractivity (Wildman–Crippen MR) is 93.0 cm³/mol. The molecule has 2 aromatic carbocycles. The second kappa shape index (κ2) is 7.25. The number of benzene rings is 2. The van der Waals surface area contributed by atoms with Crippen molar-refractivity contribution < 1.29 is 19.2 Å². The Morgan fingerprint density at radius 1 is 1.08 bits per heavy atom. The molecule has 2 rings (SSSR count). The summed E-state index contributed by atoms with van der Waals surface area (Å²) >= 11 is 0. The highest BCUT2D eigenvalue weighted by molar-refractivity contribution is 6.02. The van der Waals surface area contributed by atoms with Gasteiger partial charge in [-0.3, -0.25) is 14.9 Å². The predicted octanol–water partition coefficient (Wildman–Crippen LogP) is 3.95. The van der Waals surface area contributed by atoms with Crippen LogP contribution in [0.5, 0.6) is 0 Å². The lowest BCUT2D eigenvalue weighted by atomic mass is 9.99. The van der Waals surface area contributed by atoms with Crippen molar-refractivity contribution in [3.8, 4) is 0 Å². The molecule has 1 atom stereocenters. The van der Waals surface area contributed by atoms with Gasteiger partial charge in [0.05, 0.1) is 10.5 Å². The van der Waals surface area contributed by atoms with Crippen LogP contribution in [0.4, 0.5) is 5.69 Å². The van der Waals surface area contributed by atoms with Crippen molar-refractivity contribution in [2.24, 2.45) is 0 Å². The van der Waals surface area contributed by atoms with Crippen LogP contribution in [0.15, 0.2) is 36.4 Å². The lowest BCUT2D eigenvalue weighted by Gasteiger charge is -2.15. The zero-order chi connectivity index (χ0) is 18.7. The van der Waals surface area contributed by atoms with Gasteiger partial charge < -0.3 is 4.74 Å². The minimum Gasteiger partial charge on any atom is -0.451 e. The molecule has 0 saturated heterocycles. The molecule has 0 spiro atoms. The maximum absolute atomic E-state index is 12.6. The van der Waals surface area contributed by atoms with Crippen molar-refractivity contribution in [1.82, 2.24) is 0 Å². The van der Waals surface area contributed by atoms with E-state index in [9.17, 15) is 19.7 Å². The molecule has 6 heteroatoms. The average molecular weight is 341 g/mol. The Hall–Kier alpha value is -3.02. The zero-order valence-electron chi connectivity index (χ0n) is 14.5. The minimum atomic E-state index is -0.994. The van der Waals surface area contributed by atoms with E-state index in [4.69, 9.17) is 4.74 Å². The molecule has 0 bridgehead atoms. The zero-order valence-corrected chi connectivity index (χ0v) is 14.5. The third-order valence-electron chi connectivity index (χ3n) is 4.03. The van der Waals surface area contributed by atoms with Crippen molar-refractivity contribution in [2.45, 2.75) is 33.8 Å². The third kappa shape index (κ3) is 3.91. The normalized spacial score (nSPS) is 11.7. The number of nitro benzene ring substituents is 1. The Bertz CT molecular complexity index is 857. The van der Waals surface area contributed by atoms with E-state index in [0.717, 1.165) is 11.1 Å². The fraction of sp³-hybridized carbons (Fsp3) is 0.263. The first kappa shape index (κ1) is 18.3. The van der Waals surface area contributed by atoms with Gasteiger partial charge in [-0.25, -0.2) is 4.79 Å². The van der Waals surface area contributed by atoms with Gasteiger partial charge in [0.2, 0.25) is 5.78 Å². The molecule has 0 saturated carbocycles. The van der Waals surface area contributed by atoms with Crippen molar-refractivity contribution >= 4 is 17.4 Å². The van der Waals surface area contributed by atoms with Crippen LogP contribution in [0, 0.1) is 30.9 Å². The fourth-order valence-corrected chi connectivity index (χ4v) is 2.54. The molecule has 0 heterocycles. The molecule has 0 aliphatic heterocycles. The van der Waals surface area contributed by atoms with Gasteiger partial charge in [0.25, 0.3) is 5.69 Å². The van der Waals surface area contributed by atoms with Gasteiger partial charge in [0.15, 0.2) is 6.10 Å². The van der Waals surface area contributed by atoms with Crippen LogP contribution in [0.2, 0.25) is 0 Å². The molecule has 0 N–H and O–H groups in total. The van der Waals surface area contributed by atoms with Gasteiger partial charge in [0, 0.05) is 17.2 Å². The number of ether oxygens (including phenoxy) is 1. The summed E-state index contributed by atoms with van der Waals surface area (Å²) in [4.78, 5) is 35.3. The first-order valence-electron chi connectivity index (χ1n) is 7.78. The smallest absolute Gasteiger partial charge is 0.339 e. The summed E-state index contributed by atoms with van der Waals surface area (Å²) in [5, 5.41) is 11.0. The van der Waals surface area contributed by atoms with Gasteiger partial charge in [-0.1, -0.05) is 23.8 Å². The maximum atomic E-state index is 12.6. The van der Waals surface area contributed by atoms with Gasteiger partial charge in [-0.15, -0.1) is 0 Å². The summed E-state index contributed by atoms with van der Waals surface area (Å²) in [6, 6.07) is 9.66. The molecule has 25 heavy (non-hydrogen) atoms. The highest BCUT2D eigenvalue weighted by Gasteiger charge is 2.24. The molecular weight excluding hydrogens is 322 g/mol. The van der Waals surface area contributed by atoms with Crippen LogP contribution in [-0.4, -0.2) is 22.8 Å². The van der Waals surface area contributed by atoms with Crippen LogP contribution < -0.4 is 0 Å². The topological polar surface area (TPSA) is 86.5 Å². The van der Waals surface area contributed by atoms with E-state index in [0.29, 0.717) is 5.56 Å². The van der Waals surface area contributed by atoms with Crippen molar-refractivity contribution in [2.75, 3.05) is 0 Å². The summed E-state index contributed by atoms with van der Waals surface area (Å²) in [7, 11) is 0. The molecule has 0 aliphatic carbocycles. The van der Waals surface area contributed by atoms with Gasteiger partial charge >= 0.3 is 5.97 Å². The van der Waals surface area contributed by atoms with Crippen LogP contribution in [0.25, 0.3) is 0 Å². The Balaban J connectivity index is 2.23. The Morgan fingerprint density at radius 3 is 2.40 bits per heavy atom. The second-order valence-corrected chi connectivity index (χ2v) is 5.94. The van der Waals surface area contributed by atoms with E-state index in [-0.39, 0.29) is 22.6 Å². The van der Waals surface area contributed by atoms with E-state index >= 15 is 0 Å². The number of esters is 1. The second-order valence-electron chi connectivity index (χ2n) is 5.94. The summed E-state index contributed by atoms with van der Waals surface area (Å²) in [5.74, 6) is -1.06. The monoisotopic (exact) mass is 341 g/mol.